The van der Waals surface area contributed by atoms with E-state index in [1.54, 1.807) is 13.0 Å². The van der Waals surface area contributed by atoms with Crippen molar-refractivity contribution in [3.05, 3.63) is 29.3 Å². The van der Waals surface area contributed by atoms with Crippen LogP contribution in [0, 0.1) is 0 Å². The highest BCUT2D eigenvalue weighted by Crippen LogP contribution is 2.20. The quantitative estimate of drug-likeness (QED) is 0.622. The lowest BCUT2D eigenvalue weighted by Crippen LogP contribution is -2.06. The molecule has 1 rings (SSSR count). The maximum atomic E-state index is 11.5. The molecular weight excluding hydrogens is 208 g/mol. The van der Waals surface area contributed by atoms with Crippen molar-refractivity contribution in [1.29, 1.82) is 0 Å². The molecule has 1 aromatic carbocycles. The second kappa shape index (κ2) is 5.30. The average Bonchev–Trinajstić information content (AvgIpc) is 2.30. The van der Waals surface area contributed by atoms with Crippen molar-refractivity contribution in [2.75, 3.05) is 7.11 Å². The third-order valence-electron chi connectivity index (χ3n) is 2.26. The molecule has 0 unspecified atom stereocenters. The van der Waals surface area contributed by atoms with Crippen molar-refractivity contribution in [2.45, 2.75) is 19.8 Å². The van der Waals surface area contributed by atoms with Gasteiger partial charge in [-0.05, 0) is 17.7 Å². The van der Waals surface area contributed by atoms with Crippen LogP contribution in [0.5, 0.6) is 5.75 Å². The van der Waals surface area contributed by atoms with Crippen molar-refractivity contribution in [1.82, 2.24) is 0 Å². The number of hydrogen-bond acceptors (Lipinski definition) is 4. The molecular formula is C12H14O4. The number of hydrogen-bond donors (Lipinski definition) is 1. The predicted molar refractivity (Wildman–Crippen MR) is 58.4 cm³/mol. The number of methoxy groups -OCH3 is 1. The Balaban J connectivity index is 2.98. The van der Waals surface area contributed by atoms with Crippen molar-refractivity contribution < 1.29 is 19.4 Å². The van der Waals surface area contributed by atoms with E-state index in [-0.39, 0.29) is 29.5 Å². The van der Waals surface area contributed by atoms with E-state index in [1.807, 2.05) is 0 Å². The maximum Gasteiger partial charge on any atom is 0.309 e. The molecule has 86 valence electrons. The summed E-state index contributed by atoms with van der Waals surface area (Å²) in [4.78, 5) is 22.5. The van der Waals surface area contributed by atoms with Crippen molar-refractivity contribution >= 4 is 11.8 Å². The normalized spacial score (nSPS) is 9.88. The Hall–Kier alpha value is -1.84. The number of carbonyl (C=O) groups excluding carboxylic acids is 2. The van der Waals surface area contributed by atoms with Gasteiger partial charge < -0.3 is 9.84 Å². The van der Waals surface area contributed by atoms with E-state index in [4.69, 9.17) is 0 Å². The minimum atomic E-state index is -0.374. The highest BCUT2D eigenvalue weighted by Gasteiger charge is 2.11. The largest absolute Gasteiger partial charge is 0.507 e. The Labute approximate surface area is 93.9 Å². The summed E-state index contributed by atoms with van der Waals surface area (Å²) in [7, 11) is 1.31. The smallest absolute Gasteiger partial charge is 0.309 e. The number of ketones is 1. The molecule has 0 atom stereocenters. The fourth-order valence-electron chi connectivity index (χ4n) is 1.35. The van der Waals surface area contributed by atoms with Crippen LogP contribution < -0.4 is 0 Å². The van der Waals surface area contributed by atoms with Crippen LogP contribution in [-0.2, 0) is 16.0 Å². The van der Waals surface area contributed by atoms with Crippen LogP contribution in [0.1, 0.15) is 29.3 Å². The molecule has 0 amide bonds. The van der Waals surface area contributed by atoms with Gasteiger partial charge in [-0.2, -0.15) is 0 Å². The number of phenols is 1. The lowest BCUT2D eigenvalue weighted by atomic mass is 10.0. The van der Waals surface area contributed by atoms with E-state index >= 15 is 0 Å². The van der Waals surface area contributed by atoms with Gasteiger partial charge in [-0.3, -0.25) is 9.59 Å². The lowest BCUT2D eigenvalue weighted by molar-refractivity contribution is -0.139. The second-order valence-corrected chi connectivity index (χ2v) is 3.38. The van der Waals surface area contributed by atoms with E-state index in [9.17, 15) is 14.7 Å². The van der Waals surface area contributed by atoms with Gasteiger partial charge in [0.1, 0.15) is 5.75 Å². The molecule has 16 heavy (non-hydrogen) atoms. The Morgan fingerprint density at radius 2 is 2.06 bits per heavy atom. The molecule has 4 heteroatoms. The van der Waals surface area contributed by atoms with E-state index in [0.717, 1.165) is 0 Å². The van der Waals surface area contributed by atoms with Gasteiger partial charge in [0, 0.05) is 6.42 Å². The number of aromatic hydroxyl groups is 1. The topological polar surface area (TPSA) is 63.6 Å². The zero-order valence-corrected chi connectivity index (χ0v) is 9.32. The number of phenolic OH excluding ortho intramolecular Hbond substituents is 1. The molecule has 1 aromatic rings. The van der Waals surface area contributed by atoms with Gasteiger partial charge in [0.05, 0.1) is 19.1 Å². The van der Waals surface area contributed by atoms with Crippen LogP contribution in [0.15, 0.2) is 18.2 Å². The van der Waals surface area contributed by atoms with Crippen molar-refractivity contribution in [3.8, 4) is 5.75 Å². The zero-order valence-electron chi connectivity index (χ0n) is 9.32. The number of esters is 1. The summed E-state index contributed by atoms with van der Waals surface area (Å²) in [6.45, 7) is 1.72. The SMILES string of the molecule is CCC(=O)c1cc(CC(=O)OC)ccc1O. The van der Waals surface area contributed by atoms with E-state index < -0.39 is 0 Å². The molecule has 4 nitrogen and oxygen atoms in total. The van der Waals surface area contributed by atoms with E-state index in [2.05, 4.69) is 4.74 Å². The Morgan fingerprint density at radius 1 is 1.38 bits per heavy atom. The third-order valence-corrected chi connectivity index (χ3v) is 2.26. The molecule has 0 aliphatic heterocycles. The molecule has 0 bridgehead atoms. The standard InChI is InChI=1S/C12H14O4/c1-3-10(13)9-6-8(4-5-11(9)14)7-12(15)16-2/h4-6,14H,3,7H2,1-2H3. The van der Waals surface area contributed by atoms with Gasteiger partial charge in [-0.1, -0.05) is 13.0 Å². The van der Waals surface area contributed by atoms with E-state index in [1.165, 1.54) is 19.2 Å². The zero-order chi connectivity index (χ0) is 12.1. The molecule has 0 aliphatic rings. The Bertz CT molecular complexity index is 409. The summed E-state index contributed by atoms with van der Waals surface area (Å²) in [6, 6.07) is 4.54. The van der Waals surface area contributed by atoms with Crippen LogP contribution in [0.25, 0.3) is 0 Å². The highest BCUT2D eigenvalue weighted by molar-refractivity contribution is 5.98. The number of ether oxygens (including phenoxy) is 1. The molecule has 0 saturated heterocycles. The number of Topliss-reactive ketones (excluding diaryl/α,β-unsaturated/α-hetero) is 1. The Kier molecular flexibility index (Phi) is 4.05. The highest BCUT2D eigenvalue weighted by atomic mass is 16.5. The minimum Gasteiger partial charge on any atom is -0.507 e. The lowest BCUT2D eigenvalue weighted by Gasteiger charge is -2.05. The second-order valence-electron chi connectivity index (χ2n) is 3.38. The first kappa shape index (κ1) is 12.2. The first-order chi connectivity index (χ1) is 7.58. The summed E-state index contributed by atoms with van der Waals surface area (Å²) < 4.78 is 4.52. The summed E-state index contributed by atoms with van der Waals surface area (Å²) in [5.74, 6) is -0.578. The van der Waals surface area contributed by atoms with E-state index in [0.29, 0.717) is 12.0 Å². The molecule has 0 saturated carbocycles. The first-order valence-electron chi connectivity index (χ1n) is 5.00. The number of benzene rings is 1. The summed E-state index contributed by atoms with van der Waals surface area (Å²) in [5, 5.41) is 9.49. The molecule has 0 heterocycles. The van der Waals surface area contributed by atoms with Crippen molar-refractivity contribution in [3.63, 3.8) is 0 Å². The summed E-state index contributed by atoms with van der Waals surface area (Å²) in [6.07, 6.45) is 0.413. The molecule has 0 radical (unpaired) electrons. The first-order valence-corrected chi connectivity index (χ1v) is 5.00. The molecule has 0 aromatic heterocycles. The van der Waals surface area contributed by atoms with Crippen LogP contribution >= 0.6 is 0 Å². The number of carbonyl (C=O) groups is 2. The van der Waals surface area contributed by atoms with Crippen LogP contribution in [0.4, 0.5) is 0 Å². The van der Waals surface area contributed by atoms with Crippen LogP contribution in [0.2, 0.25) is 0 Å². The van der Waals surface area contributed by atoms with Gasteiger partial charge in [-0.25, -0.2) is 0 Å². The van der Waals surface area contributed by atoms with Crippen LogP contribution in [-0.4, -0.2) is 24.0 Å². The number of rotatable bonds is 4. The van der Waals surface area contributed by atoms with Gasteiger partial charge in [0.2, 0.25) is 0 Å². The molecule has 0 spiro atoms. The van der Waals surface area contributed by atoms with Crippen molar-refractivity contribution in [2.24, 2.45) is 0 Å². The maximum absolute atomic E-state index is 11.5. The fourth-order valence-corrected chi connectivity index (χ4v) is 1.35. The average molecular weight is 222 g/mol. The Morgan fingerprint density at radius 3 is 2.62 bits per heavy atom. The van der Waals surface area contributed by atoms with Crippen LogP contribution in [0.3, 0.4) is 0 Å². The molecule has 0 aliphatic carbocycles. The van der Waals surface area contributed by atoms with Gasteiger partial charge in [0.15, 0.2) is 5.78 Å². The monoisotopic (exact) mass is 222 g/mol. The van der Waals surface area contributed by atoms with Gasteiger partial charge >= 0.3 is 5.97 Å². The molecule has 1 N–H and O–H groups in total. The summed E-state index contributed by atoms with van der Waals surface area (Å²) in [5.41, 5.74) is 0.908. The molecule has 0 fully saturated rings. The third kappa shape index (κ3) is 2.82. The fraction of sp³-hybridized carbons (Fsp3) is 0.333. The van der Waals surface area contributed by atoms with Gasteiger partial charge in [0.25, 0.3) is 0 Å². The minimum absolute atomic E-state index is 0.0551. The van der Waals surface area contributed by atoms with Gasteiger partial charge in [-0.15, -0.1) is 0 Å². The predicted octanol–water partition coefficient (Wildman–Crippen LogP) is 1.70. The summed E-state index contributed by atoms with van der Waals surface area (Å²) >= 11 is 0.